The van der Waals surface area contributed by atoms with Crippen LogP contribution in [0.3, 0.4) is 0 Å². The second kappa shape index (κ2) is 12.5. The lowest BCUT2D eigenvalue weighted by molar-refractivity contribution is -0.126. The lowest BCUT2D eigenvalue weighted by atomic mass is 10.1. The molecule has 4 N–H and O–H groups in total. The number of hydrogen-bond donors (Lipinski definition) is 4. The molecule has 2 amide bonds. The van der Waals surface area contributed by atoms with Gasteiger partial charge in [-0.1, -0.05) is 37.3 Å². The summed E-state index contributed by atoms with van der Waals surface area (Å²) in [4.78, 5) is 24.0. The zero-order valence-electron chi connectivity index (χ0n) is 17.1. The summed E-state index contributed by atoms with van der Waals surface area (Å²) in [7, 11) is 0. The number of phenols is 1. The van der Waals surface area contributed by atoms with Crippen LogP contribution in [0.4, 0.5) is 0 Å². The molecule has 0 heterocycles. The van der Waals surface area contributed by atoms with Crippen LogP contribution in [0.2, 0.25) is 0 Å². The summed E-state index contributed by atoms with van der Waals surface area (Å²) >= 11 is 0. The standard InChI is InChI=1S/C22H29N3O5/c1-2-25(15-19(27)16-30-20-10-8-18(26)9-11-20)24-21(28)12-13-23-22(29)14-17-6-4-3-5-7-17/h3-11,19,26-27H,2,12-16H2,1H3,(H,23,29)(H,24,28). The van der Waals surface area contributed by atoms with E-state index in [1.165, 1.54) is 12.1 Å². The number of phenolic OH excluding ortho intramolecular Hbond substituents is 1. The molecule has 0 saturated carbocycles. The van der Waals surface area contributed by atoms with E-state index in [2.05, 4.69) is 10.7 Å². The molecule has 0 radical (unpaired) electrons. The third kappa shape index (κ3) is 8.93. The fraction of sp³-hybridized carbons (Fsp3) is 0.364. The maximum Gasteiger partial charge on any atom is 0.236 e. The first-order valence-corrected chi connectivity index (χ1v) is 9.91. The Morgan fingerprint density at radius 3 is 2.43 bits per heavy atom. The molecule has 2 aromatic carbocycles. The molecule has 8 nitrogen and oxygen atoms in total. The van der Waals surface area contributed by atoms with Crippen molar-refractivity contribution in [2.75, 3.05) is 26.2 Å². The summed E-state index contributed by atoms with van der Waals surface area (Å²) in [5.41, 5.74) is 3.64. The predicted molar refractivity (Wildman–Crippen MR) is 113 cm³/mol. The summed E-state index contributed by atoms with van der Waals surface area (Å²) in [6, 6.07) is 15.6. The lowest BCUT2D eigenvalue weighted by Crippen LogP contribution is -2.47. The van der Waals surface area contributed by atoms with Crippen molar-refractivity contribution in [3.8, 4) is 11.5 Å². The van der Waals surface area contributed by atoms with Crippen LogP contribution in [0, 0.1) is 0 Å². The van der Waals surface area contributed by atoms with Gasteiger partial charge in [-0.3, -0.25) is 15.0 Å². The first-order chi connectivity index (χ1) is 14.5. The maximum atomic E-state index is 12.1. The van der Waals surface area contributed by atoms with Crippen molar-refractivity contribution in [3.05, 3.63) is 60.2 Å². The van der Waals surface area contributed by atoms with Crippen LogP contribution in [0.25, 0.3) is 0 Å². The number of hydrazine groups is 1. The number of aliphatic hydroxyl groups is 1. The molecule has 2 aromatic rings. The molecule has 0 fully saturated rings. The molecule has 2 rings (SSSR count). The molecule has 1 atom stereocenters. The first-order valence-electron chi connectivity index (χ1n) is 9.91. The highest BCUT2D eigenvalue weighted by molar-refractivity contribution is 5.80. The molecular weight excluding hydrogens is 386 g/mol. The second-order valence-corrected chi connectivity index (χ2v) is 6.79. The van der Waals surface area contributed by atoms with E-state index in [4.69, 9.17) is 4.74 Å². The minimum Gasteiger partial charge on any atom is -0.508 e. The quantitative estimate of drug-likeness (QED) is 0.388. The van der Waals surface area contributed by atoms with Crippen LogP contribution in [0.5, 0.6) is 11.5 Å². The number of aliphatic hydroxyl groups excluding tert-OH is 1. The van der Waals surface area contributed by atoms with Gasteiger partial charge in [-0.05, 0) is 29.8 Å². The van der Waals surface area contributed by atoms with Crippen molar-refractivity contribution in [2.24, 2.45) is 0 Å². The molecular formula is C22H29N3O5. The van der Waals surface area contributed by atoms with Gasteiger partial charge in [0.25, 0.3) is 0 Å². The zero-order chi connectivity index (χ0) is 21.8. The van der Waals surface area contributed by atoms with E-state index in [0.717, 1.165) is 5.56 Å². The van der Waals surface area contributed by atoms with E-state index in [-0.39, 0.29) is 50.1 Å². The highest BCUT2D eigenvalue weighted by atomic mass is 16.5. The minimum atomic E-state index is -0.815. The number of likely N-dealkylation sites (N-methyl/N-ethyl adjacent to an activating group) is 1. The average Bonchev–Trinajstić information content (AvgIpc) is 2.73. The Labute approximate surface area is 176 Å². The van der Waals surface area contributed by atoms with Crippen molar-refractivity contribution in [1.82, 2.24) is 15.8 Å². The van der Waals surface area contributed by atoms with Crippen molar-refractivity contribution in [1.29, 1.82) is 0 Å². The van der Waals surface area contributed by atoms with Gasteiger partial charge in [0.15, 0.2) is 0 Å². The van der Waals surface area contributed by atoms with E-state index < -0.39 is 6.10 Å². The molecule has 0 aliphatic rings. The van der Waals surface area contributed by atoms with E-state index in [0.29, 0.717) is 12.3 Å². The highest BCUT2D eigenvalue weighted by Gasteiger charge is 2.14. The summed E-state index contributed by atoms with van der Waals surface area (Å²) < 4.78 is 5.47. The van der Waals surface area contributed by atoms with Gasteiger partial charge < -0.3 is 20.3 Å². The maximum absolute atomic E-state index is 12.1. The van der Waals surface area contributed by atoms with Gasteiger partial charge in [0, 0.05) is 26.1 Å². The van der Waals surface area contributed by atoms with Gasteiger partial charge in [-0.15, -0.1) is 0 Å². The molecule has 162 valence electrons. The number of carbonyl (C=O) groups excluding carboxylic acids is 2. The SMILES string of the molecule is CCN(CC(O)COc1ccc(O)cc1)NC(=O)CCNC(=O)Cc1ccccc1. The number of benzene rings is 2. The smallest absolute Gasteiger partial charge is 0.236 e. The fourth-order valence-electron chi connectivity index (χ4n) is 2.69. The van der Waals surface area contributed by atoms with Crippen molar-refractivity contribution < 1.29 is 24.5 Å². The molecule has 30 heavy (non-hydrogen) atoms. The zero-order valence-corrected chi connectivity index (χ0v) is 17.1. The van der Waals surface area contributed by atoms with Gasteiger partial charge in [-0.25, -0.2) is 5.01 Å². The van der Waals surface area contributed by atoms with E-state index >= 15 is 0 Å². The Bertz CT molecular complexity index is 783. The molecule has 0 aliphatic heterocycles. The molecule has 8 heteroatoms. The van der Waals surface area contributed by atoms with Crippen molar-refractivity contribution >= 4 is 11.8 Å². The average molecular weight is 415 g/mol. The molecule has 0 bridgehead atoms. The topological polar surface area (TPSA) is 111 Å². The number of hydrogen-bond acceptors (Lipinski definition) is 6. The third-order valence-corrected chi connectivity index (χ3v) is 4.26. The number of ether oxygens (including phenoxy) is 1. The van der Waals surface area contributed by atoms with Gasteiger partial charge in [-0.2, -0.15) is 0 Å². The Morgan fingerprint density at radius 1 is 1.07 bits per heavy atom. The van der Waals surface area contributed by atoms with Crippen LogP contribution < -0.4 is 15.5 Å². The first kappa shape index (κ1) is 23.2. The molecule has 0 aliphatic carbocycles. The summed E-state index contributed by atoms with van der Waals surface area (Å²) in [6.45, 7) is 2.84. The Hall–Kier alpha value is -3.10. The number of amides is 2. The van der Waals surface area contributed by atoms with Gasteiger partial charge >= 0.3 is 0 Å². The lowest BCUT2D eigenvalue weighted by Gasteiger charge is -2.24. The largest absolute Gasteiger partial charge is 0.508 e. The van der Waals surface area contributed by atoms with Gasteiger partial charge in [0.05, 0.1) is 6.42 Å². The molecule has 0 saturated heterocycles. The van der Waals surface area contributed by atoms with Crippen LogP contribution in [0.15, 0.2) is 54.6 Å². The van der Waals surface area contributed by atoms with Crippen LogP contribution in [-0.2, 0) is 16.0 Å². The normalized spacial score (nSPS) is 11.7. The highest BCUT2D eigenvalue weighted by Crippen LogP contribution is 2.16. The van der Waals surface area contributed by atoms with Gasteiger partial charge in [0.1, 0.15) is 24.2 Å². The van der Waals surface area contributed by atoms with E-state index in [1.54, 1.807) is 17.1 Å². The number of rotatable bonds is 12. The minimum absolute atomic E-state index is 0.0483. The van der Waals surface area contributed by atoms with E-state index in [9.17, 15) is 19.8 Å². The second-order valence-electron chi connectivity index (χ2n) is 6.79. The Balaban J connectivity index is 1.64. The molecule has 0 spiro atoms. The van der Waals surface area contributed by atoms with Crippen molar-refractivity contribution in [3.63, 3.8) is 0 Å². The number of nitrogens with zero attached hydrogens (tertiary/aromatic N) is 1. The van der Waals surface area contributed by atoms with E-state index in [1.807, 2.05) is 37.3 Å². The monoisotopic (exact) mass is 415 g/mol. The van der Waals surface area contributed by atoms with Crippen LogP contribution >= 0.6 is 0 Å². The number of nitrogens with one attached hydrogen (secondary N) is 2. The van der Waals surface area contributed by atoms with Gasteiger partial charge in [0.2, 0.25) is 11.8 Å². The predicted octanol–water partition coefficient (Wildman–Crippen LogP) is 1.23. The summed E-state index contributed by atoms with van der Waals surface area (Å²) in [5.74, 6) is 0.288. The van der Waals surface area contributed by atoms with Crippen LogP contribution in [-0.4, -0.2) is 59.4 Å². The summed E-state index contributed by atoms with van der Waals surface area (Å²) in [6.07, 6.45) is -0.405. The van der Waals surface area contributed by atoms with Crippen molar-refractivity contribution in [2.45, 2.75) is 25.9 Å². The Kier molecular flexibility index (Phi) is 9.63. The third-order valence-electron chi connectivity index (χ3n) is 4.26. The summed E-state index contributed by atoms with van der Waals surface area (Å²) in [5, 5.41) is 23.7. The number of aromatic hydroxyl groups is 1. The number of carbonyl (C=O) groups is 2. The molecule has 1 unspecified atom stereocenters. The fourth-order valence-corrected chi connectivity index (χ4v) is 2.69. The Morgan fingerprint density at radius 2 is 1.77 bits per heavy atom. The van der Waals surface area contributed by atoms with Crippen LogP contribution in [0.1, 0.15) is 18.9 Å². The molecule has 0 aromatic heterocycles.